The molecule has 1 unspecified atom stereocenters. The fourth-order valence-corrected chi connectivity index (χ4v) is 6.28. The molecule has 0 aliphatic heterocycles. The lowest BCUT2D eigenvalue weighted by molar-refractivity contribution is -0.167. The summed E-state index contributed by atoms with van der Waals surface area (Å²) in [7, 11) is 0. The third-order valence-electron chi connectivity index (χ3n) is 10.1. The van der Waals surface area contributed by atoms with Crippen molar-refractivity contribution in [2.24, 2.45) is 0 Å². The number of carbonyl (C=O) groups is 3. The van der Waals surface area contributed by atoms with E-state index in [-0.39, 0.29) is 38.0 Å². The Morgan fingerprint density at radius 2 is 0.672 bits per heavy atom. The van der Waals surface area contributed by atoms with Crippen LogP contribution < -0.4 is 0 Å². The van der Waals surface area contributed by atoms with Gasteiger partial charge in [0.1, 0.15) is 13.2 Å². The highest BCUT2D eigenvalue weighted by Gasteiger charge is 2.19. The molecule has 0 saturated heterocycles. The summed E-state index contributed by atoms with van der Waals surface area (Å²) in [5.41, 5.74) is 0. The van der Waals surface area contributed by atoms with Crippen LogP contribution in [0.25, 0.3) is 0 Å². The monoisotopic (exact) mass is 921 g/mol. The molecule has 0 fully saturated rings. The van der Waals surface area contributed by atoms with Crippen molar-refractivity contribution in [1.82, 2.24) is 0 Å². The molecule has 0 radical (unpaired) electrons. The summed E-state index contributed by atoms with van der Waals surface area (Å²) >= 11 is 0. The predicted octanol–water partition coefficient (Wildman–Crippen LogP) is 17.4. The van der Waals surface area contributed by atoms with Crippen molar-refractivity contribution in [2.45, 2.75) is 194 Å². The molecule has 67 heavy (non-hydrogen) atoms. The third kappa shape index (κ3) is 51.9. The zero-order valence-electron chi connectivity index (χ0n) is 42.3. The smallest absolute Gasteiger partial charge is 0.306 e. The fraction of sp³-hybridized carbons (Fsp3) is 0.525. The lowest BCUT2D eigenvalue weighted by atomic mass is 10.1. The van der Waals surface area contributed by atoms with Crippen molar-refractivity contribution >= 4 is 17.9 Å². The van der Waals surface area contributed by atoms with Crippen LogP contribution >= 0.6 is 0 Å². The van der Waals surface area contributed by atoms with E-state index in [1.165, 1.54) is 38.5 Å². The second-order valence-electron chi connectivity index (χ2n) is 16.4. The van der Waals surface area contributed by atoms with Crippen LogP contribution in [0.15, 0.2) is 158 Å². The van der Waals surface area contributed by atoms with E-state index in [0.717, 1.165) is 96.3 Å². The Balaban J connectivity index is 4.61. The first-order valence-corrected chi connectivity index (χ1v) is 26.1. The van der Waals surface area contributed by atoms with E-state index >= 15 is 0 Å². The van der Waals surface area contributed by atoms with Gasteiger partial charge < -0.3 is 14.2 Å². The highest BCUT2D eigenvalue weighted by Crippen LogP contribution is 2.11. The Labute approximate surface area is 409 Å². The van der Waals surface area contributed by atoms with Crippen molar-refractivity contribution in [1.29, 1.82) is 0 Å². The maximum absolute atomic E-state index is 12.8. The molecule has 0 bridgehead atoms. The molecule has 0 spiro atoms. The molecule has 0 aliphatic rings. The molecule has 1 atom stereocenters. The number of rotatable bonds is 44. The summed E-state index contributed by atoms with van der Waals surface area (Å²) in [5, 5.41) is 0. The van der Waals surface area contributed by atoms with E-state index in [0.29, 0.717) is 19.3 Å². The molecule has 0 N–H and O–H groups in total. The van der Waals surface area contributed by atoms with Gasteiger partial charge in [0.15, 0.2) is 6.10 Å². The molecule has 0 saturated carbocycles. The molecule has 0 amide bonds. The minimum atomic E-state index is -0.849. The van der Waals surface area contributed by atoms with Gasteiger partial charge in [0, 0.05) is 19.3 Å². The van der Waals surface area contributed by atoms with Gasteiger partial charge in [0.05, 0.1) is 0 Å². The SMILES string of the molecule is CC/C=C/C=C/C=C/C=C/C=C/CCCC(=O)OCC(COC(=O)CCCCCCCC/C=C/C/C=C/C/C=C/C/C=C/CC)OC(=O)CCC/C=C/C/C=C/C/C=C/C/C=C/CCCCC. The van der Waals surface area contributed by atoms with E-state index in [9.17, 15) is 14.4 Å². The molecule has 0 aromatic carbocycles. The second-order valence-corrected chi connectivity index (χ2v) is 16.4. The van der Waals surface area contributed by atoms with E-state index in [1.807, 2.05) is 54.7 Å². The van der Waals surface area contributed by atoms with Crippen LogP contribution in [0.1, 0.15) is 188 Å². The van der Waals surface area contributed by atoms with Crippen LogP contribution in [0.2, 0.25) is 0 Å². The molecule has 0 aliphatic carbocycles. The summed E-state index contributed by atoms with van der Waals surface area (Å²) in [4.78, 5) is 38.0. The molecule has 0 rings (SSSR count). The molecule has 6 heteroatoms. The van der Waals surface area contributed by atoms with Crippen molar-refractivity contribution in [3.63, 3.8) is 0 Å². The van der Waals surface area contributed by atoms with Gasteiger partial charge >= 0.3 is 17.9 Å². The van der Waals surface area contributed by atoms with E-state index in [4.69, 9.17) is 14.2 Å². The number of carbonyl (C=O) groups excluding carboxylic acids is 3. The van der Waals surface area contributed by atoms with Gasteiger partial charge in [-0.2, -0.15) is 0 Å². The normalized spacial score (nSPS) is 13.4. The molecule has 0 aromatic rings. The lowest BCUT2D eigenvalue weighted by Crippen LogP contribution is -2.30. The quantitative estimate of drug-likeness (QED) is 0.0199. The number of ether oxygens (including phenoxy) is 3. The van der Waals surface area contributed by atoms with Gasteiger partial charge in [-0.25, -0.2) is 0 Å². The minimum Gasteiger partial charge on any atom is -0.462 e. The maximum atomic E-state index is 12.8. The van der Waals surface area contributed by atoms with E-state index in [2.05, 4.69) is 124 Å². The largest absolute Gasteiger partial charge is 0.462 e. The van der Waals surface area contributed by atoms with Crippen molar-refractivity contribution in [3.8, 4) is 0 Å². The van der Waals surface area contributed by atoms with E-state index in [1.54, 1.807) is 0 Å². The number of unbranched alkanes of at least 4 members (excludes halogenated alkanes) is 11. The maximum Gasteiger partial charge on any atom is 0.306 e. The highest BCUT2D eigenvalue weighted by molar-refractivity contribution is 5.71. The first-order chi connectivity index (χ1) is 33.0. The summed E-state index contributed by atoms with van der Waals surface area (Å²) < 4.78 is 16.7. The molecule has 372 valence electrons. The van der Waals surface area contributed by atoms with Crippen LogP contribution in [-0.4, -0.2) is 37.2 Å². The molecular weight excluding hydrogens is 829 g/mol. The van der Waals surface area contributed by atoms with E-state index < -0.39 is 12.1 Å². The van der Waals surface area contributed by atoms with Gasteiger partial charge in [0.2, 0.25) is 0 Å². The molecule has 0 aromatic heterocycles. The fourth-order valence-electron chi connectivity index (χ4n) is 6.28. The van der Waals surface area contributed by atoms with Crippen molar-refractivity contribution in [2.75, 3.05) is 13.2 Å². The van der Waals surface area contributed by atoms with Gasteiger partial charge in [-0.3, -0.25) is 14.4 Å². The Kier molecular flexibility index (Phi) is 49.7. The topological polar surface area (TPSA) is 78.9 Å². The van der Waals surface area contributed by atoms with Crippen LogP contribution in [0.4, 0.5) is 0 Å². The first-order valence-electron chi connectivity index (χ1n) is 26.1. The Morgan fingerprint density at radius 3 is 1.15 bits per heavy atom. The highest BCUT2D eigenvalue weighted by atomic mass is 16.6. The van der Waals surface area contributed by atoms with Gasteiger partial charge in [-0.05, 0) is 109 Å². The molecular formula is C61H92O6. The average molecular weight is 921 g/mol. The summed E-state index contributed by atoms with van der Waals surface area (Å²) in [5.74, 6) is -1.10. The van der Waals surface area contributed by atoms with Crippen LogP contribution in [0, 0.1) is 0 Å². The van der Waals surface area contributed by atoms with Gasteiger partial charge in [-0.1, -0.05) is 217 Å². The summed E-state index contributed by atoms with van der Waals surface area (Å²) in [6.45, 7) is 6.20. The summed E-state index contributed by atoms with van der Waals surface area (Å²) in [6, 6.07) is 0. The Bertz CT molecular complexity index is 1570. The lowest BCUT2D eigenvalue weighted by Gasteiger charge is -2.18. The van der Waals surface area contributed by atoms with Crippen LogP contribution in [-0.2, 0) is 28.6 Å². The van der Waals surface area contributed by atoms with Gasteiger partial charge in [0.25, 0.3) is 0 Å². The third-order valence-corrected chi connectivity index (χ3v) is 10.1. The van der Waals surface area contributed by atoms with Crippen LogP contribution in [0.3, 0.4) is 0 Å². The Morgan fingerprint density at radius 1 is 0.328 bits per heavy atom. The number of esters is 3. The average Bonchev–Trinajstić information content (AvgIpc) is 3.33. The van der Waals surface area contributed by atoms with Crippen molar-refractivity contribution in [3.05, 3.63) is 158 Å². The van der Waals surface area contributed by atoms with Crippen LogP contribution in [0.5, 0.6) is 0 Å². The summed E-state index contributed by atoms with van der Waals surface area (Å²) in [6.07, 6.45) is 78.1. The standard InChI is InChI=1S/C61H92O6/c1-4-7-10-13-16-19-22-25-27-29-30-32-33-36-39-42-45-48-51-54-60(63)66-57-58(56-65-59(62)53-50-47-44-41-38-35-24-21-18-15-12-9-6-3)67-61(64)55-52-49-46-43-40-37-34-31-28-26-23-20-17-14-11-8-5-2/h7,9-10,12,15-21,24-28,30,32,34-35,37-38,41,43-44,46,58H,4-6,8,11,13-14,22-23,29,31,33,36,39-40,42,45,47-57H2,1-3H3/b10-7+,12-9+,18-15+,19-16+,20-17+,24-21+,27-25+,28-26+,32-30+,37-34+,38-35+,44-41+,46-43+. The zero-order chi connectivity index (χ0) is 48.6. The molecule has 0 heterocycles. The predicted molar refractivity (Wildman–Crippen MR) is 288 cm³/mol. The second kappa shape index (κ2) is 53.6. The first kappa shape index (κ1) is 62.0. The molecule has 6 nitrogen and oxygen atoms in total. The number of allylic oxidation sites excluding steroid dienone is 26. The zero-order valence-corrected chi connectivity index (χ0v) is 42.3. The van der Waals surface area contributed by atoms with Gasteiger partial charge in [-0.15, -0.1) is 0 Å². The van der Waals surface area contributed by atoms with Crippen molar-refractivity contribution < 1.29 is 28.6 Å². The minimum absolute atomic E-state index is 0.138. The number of hydrogen-bond donors (Lipinski definition) is 0. The Hall–Kier alpha value is -4.97. The number of hydrogen-bond acceptors (Lipinski definition) is 6.